The Labute approximate surface area is 110 Å². The molecule has 0 amide bonds. The molecule has 1 rings (SSSR count). The van der Waals surface area contributed by atoms with Gasteiger partial charge in [0.15, 0.2) is 0 Å². The zero-order valence-electron chi connectivity index (χ0n) is 11.2. The molecular weight excluding hydrogens is 248 g/mol. The highest BCUT2D eigenvalue weighted by Crippen LogP contribution is 2.20. The van der Waals surface area contributed by atoms with Gasteiger partial charge in [0.05, 0.1) is 11.3 Å². The summed E-state index contributed by atoms with van der Waals surface area (Å²) in [4.78, 5) is 0. The van der Waals surface area contributed by atoms with Gasteiger partial charge >= 0.3 is 0 Å². The van der Waals surface area contributed by atoms with E-state index in [1.165, 1.54) is 0 Å². The van der Waals surface area contributed by atoms with Crippen molar-refractivity contribution in [3.8, 4) is 0 Å². The van der Waals surface area contributed by atoms with Gasteiger partial charge < -0.3 is 5.73 Å². The van der Waals surface area contributed by atoms with Crippen LogP contribution in [-0.4, -0.2) is 20.7 Å². The summed E-state index contributed by atoms with van der Waals surface area (Å²) < 4.78 is 26.8. The van der Waals surface area contributed by atoms with Crippen LogP contribution in [0.3, 0.4) is 0 Å². The van der Waals surface area contributed by atoms with Gasteiger partial charge in [0.1, 0.15) is 0 Å². The van der Waals surface area contributed by atoms with Gasteiger partial charge in [-0.15, -0.1) is 0 Å². The van der Waals surface area contributed by atoms with Crippen molar-refractivity contribution < 1.29 is 8.42 Å². The minimum Gasteiger partial charge on any atom is -0.328 e. The molecule has 1 aromatic carbocycles. The van der Waals surface area contributed by atoms with Crippen LogP contribution in [0.5, 0.6) is 0 Å². The minimum absolute atomic E-state index is 0.0836. The lowest BCUT2D eigenvalue weighted by atomic mass is 9.94. The van der Waals surface area contributed by atoms with Gasteiger partial charge in [0.25, 0.3) is 0 Å². The maximum Gasteiger partial charge on any atom is 0.212 e. The standard InChI is InChI=1S/C13H22N2O2S/c1-11(2)9-18(16,17)15-13(3,10-14)12-7-5-4-6-8-12/h4-8,11,15H,9-10,14H2,1-3H3. The molecular formula is C13H22N2O2S. The number of benzene rings is 1. The average molecular weight is 270 g/mol. The third-order valence-electron chi connectivity index (χ3n) is 2.75. The van der Waals surface area contributed by atoms with Crippen LogP contribution >= 0.6 is 0 Å². The Bertz CT molecular complexity index is 471. The second kappa shape index (κ2) is 5.82. The summed E-state index contributed by atoms with van der Waals surface area (Å²) in [6, 6.07) is 9.40. The Morgan fingerprint density at radius 3 is 2.28 bits per heavy atom. The van der Waals surface area contributed by atoms with Crippen LogP contribution in [0.25, 0.3) is 0 Å². The fourth-order valence-electron chi connectivity index (χ4n) is 1.85. The average Bonchev–Trinajstić information content (AvgIpc) is 2.27. The van der Waals surface area contributed by atoms with E-state index in [2.05, 4.69) is 4.72 Å². The van der Waals surface area contributed by atoms with Crippen LogP contribution in [0.2, 0.25) is 0 Å². The van der Waals surface area contributed by atoms with Crippen molar-refractivity contribution in [2.45, 2.75) is 26.3 Å². The van der Waals surface area contributed by atoms with E-state index in [-0.39, 0.29) is 18.2 Å². The molecule has 0 saturated carbocycles. The molecule has 0 spiro atoms. The van der Waals surface area contributed by atoms with Crippen LogP contribution in [0.15, 0.2) is 30.3 Å². The largest absolute Gasteiger partial charge is 0.328 e. The Balaban J connectivity index is 2.97. The molecule has 0 fully saturated rings. The van der Waals surface area contributed by atoms with Crippen LogP contribution in [0.4, 0.5) is 0 Å². The molecule has 102 valence electrons. The number of sulfonamides is 1. The summed E-state index contributed by atoms with van der Waals surface area (Å²) in [5, 5.41) is 0. The van der Waals surface area contributed by atoms with Gasteiger partial charge in [-0.3, -0.25) is 0 Å². The van der Waals surface area contributed by atoms with E-state index in [9.17, 15) is 8.42 Å². The topological polar surface area (TPSA) is 72.2 Å². The molecule has 0 aliphatic carbocycles. The Kier molecular flexibility index (Phi) is 4.90. The number of hydrogen-bond acceptors (Lipinski definition) is 3. The molecule has 0 radical (unpaired) electrons. The zero-order chi connectivity index (χ0) is 13.8. The van der Waals surface area contributed by atoms with Crippen molar-refractivity contribution >= 4 is 10.0 Å². The van der Waals surface area contributed by atoms with Crippen LogP contribution in [0, 0.1) is 5.92 Å². The quantitative estimate of drug-likeness (QED) is 0.821. The molecule has 18 heavy (non-hydrogen) atoms. The molecule has 3 N–H and O–H groups in total. The number of hydrogen-bond donors (Lipinski definition) is 2. The molecule has 0 aromatic heterocycles. The van der Waals surface area contributed by atoms with E-state index in [1.807, 2.05) is 44.2 Å². The highest BCUT2D eigenvalue weighted by Gasteiger charge is 2.30. The first-order chi connectivity index (χ1) is 8.29. The van der Waals surface area contributed by atoms with Crippen LogP contribution < -0.4 is 10.5 Å². The van der Waals surface area contributed by atoms with E-state index in [4.69, 9.17) is 5.73 Å². The van der Waals surface area contributed by atoms with E-state index in [0.29, 0.717) is 0 Å². The Hall–Kier alpha value is -0.910. The van der Waals surface area contributed by atoms with Crippen molar-refractivity contribution in [1.82, 2.24) is 4.72 Å². The van der Waals surface area contributed by atoms with Crippen molar-refractivity contribution in [1.29, 1.82) is 0 Å². The molecule has 0 aliphatic rings. The first-order valence-corrected chi connectivity index (χ1v) is 7.71. The smallest absolute Gasteiger partial charge is 0.212 e. The molecule has 0 aliphatic heterocycles. The highest BCUT2D eigenvalue weighted by atomic mass is 32.2. The van der Waals surface area contributed by atoms with Gasteiger partial charge in [0, 0.05) is 6.54 Å². The summed E-state index contributed by atoms with van der Waals surface area (Å²) in [7, 11) is -3.33. The summed E-state index contributed by atoms with van der Waals surface area (Å²) in [5.74, 6) is 0.190. The van der Waals surface area contributed by atoms with Gasteiger partial charge in [0.2, 0.25) is 10.0 Å². The molecule has 0 bridgehead atoms. The maximum atomic E-state index is 12.0. The third-order valence-corrected chi connectivity index (χ3v) is 4.62. The molecule has 1 aromatic rings. The Morgan fingerprint density at radius 1 is 1.28 bits per heavy atom. The minimum atomic E-state index is -3.33. The summed E-state index contributed by atoms with van der Waals surface area (Å²) in [6.07, 6.45) is 0. The van der Waals surface area contributed by atoms with Gasteiger partial charge in [-0.1, -0.05) is 44.2 Å². The SMILES string of the molecule is CC(C)CS(=O)(=O)NC(C)(CN)c1ccccc1. The summed E-state index contributed by atoms with van der Waals surface area (Å²) >= 11 is 0. The van der Waals surface area contributed by atoms with Gasteiger partial charge in [-0.05, 0) is 18.4 Å². The van der Waals surface area contributed by atoms with Crippen molar-refractivity contribution in [3.63, 3.8) is 0 Å². The lowest BCUT2D eigenvalue weighted by molar-refractivity contribution is 0.439. The van der Waals surface area contributed by atoms with Gasteiger partial charge in [-0.25, -0.2) is 13.1 Å². The van der Waals surface area contributed by atoms with Crippen molar-refractivity contribution in [2.75, 3.05) is 12.3 Å². The normalized spacial score (nSPS) is 15.6. The first kappa shape index (κ1) is 15.1. The lowest BCUT2D eigenvalue weighted by Gasteiger charge is -2.30. The molecule has 1 unspecified atom stereocenters. The predicted octanol–water partition coefficient (Wildman–Crippen LogP) is 1.44. The van der Waals surface area contributed by atoms with E-state index >= 15 is 0 Å². The van der Waals surface area contributed by atoms with Crippen molar-refractivity contribution in [3.05, 3.63) is 35.9 Å². The molecule has 1 atom stereocenters. The third kappa shape index (κ3) is 4.08. The number of nitrogens with one attached hydrogen (secondary N) is 1. The van der Waals surface area contributed by atoms with E-state index in [0.717, 1.165) is 5.56 Å². The summed E-state index contributed by atoms with van der Waals surface area (Å²) in [5.41, 5.74) is 5.87. The molecule has 0 saturated heterocycles. The van der Waals surface area contributed by atoms with Gasteiger partial charge in [-0.2, -0.15) is 0 Å². The fraction of sp³-hybridized carbons (Fsp3) is 0.538. The lowest BCUT2D eigenvalue weighted by Crippen LogP contribution is -2.49. The first-order valence-electron chi connectivity index (χ1n) is 6.06. The second-order valence-electron chi connectivity index (χ2n) is 5.18. The van der Waals surface area contributed by atoms with Crippen LogP contribution in [0.1, 0.15) is 26.3 Å². The second-order valence-corrected chi connectivity index (χ2v) is 6.95. The number of rotatable bonds is 6. The maximum absolute atomic E-state index is 12.0. The molecule has 5 heteroatoms. The number of nitrogens with two attached hydrogens (primary N) is 1. The fourth-order valence-corrected chi connectivity index (χ4v) is 3.70. The van der Waals surface area contributed by atoms with Crippen LogP contribution in [-0.2, 0) is 15.6 Å². The van der Waals surface area contributed by atoms with E-state index < -0.39 is 15.6 Å². The monoisotopic (exact) mass is 270 g/mol. The highest BCUT2D eigenvalue weighted by molar-refractivity contribution is 7.89. The Morgan fingerprint density at radius 2 is 1.83 bits per heavy atom. The molecule has 4 nitrogen and oxygen atoms in total. The zero-order valence-corrected chi connectivity index (χ0v) is 12.0. The molecule has 0 heterocycles. The van der Waals surface area contributed by atoms with Crippen molar-refractivity contribution in [2.24, 2.45) is 11.7 Å². The summed E-state index contributed by atoms with van der Waals surface area (Å²) in [6.45, 7) is 5.78. The predicted molar refractivity (Wildman–Crippen MR) is 74.6 cm³/mol. The van der Waals surface area contributed by atoms with E-state index in [1.54, 1.807) is 6.92 Å².